The molecule has 6 nitrogen and oxygen atoms in total. The molecule has 3 heterocycles. The van der Waals surface area contributed by atoms with Gasteiger partial charge in [-0.1, -0.05) is 0 Å². The van der Waals surface area contributed by atoms with E-state index in [1.54, 1.807) is 22.2 Å². The Bertz CT molecular complexity index is 806. The van der Waals surface area contributed by atoms with Crippen molar-refractivity contribution in [3.63, 3.8) is 0 Å². The largest absolute Gasteiger partial charge is 0.420 e. The molecule has 1 saturated carbocycles. The summed E-state index contributed by atoms with van der Waals surface area (Å²) in [7, 11) is 0. The van der Waals surface area contributed by atoms with Crippen molar-refractivity contribution in [2.45, 2.75) is 31.6 Å². The van der Waals surface area contributed by atoms with Crippen molar-refractivity contribution in [1.82, 2.24) is 20.5 Å². The van der Waals surface area contributed by atoms with Gasteiger partial charge in [0.05, 0.1) is 5.51 Å². The van der Waals surface area contributed by atoms with E-state index in [-0.39, 0.29) is 5.91 Å². The van der Waals surface area contributed by atoms with E-state index in [4.69, 9.17) is 4.42 Å². The van der Waals surface area contributed by atoms with E-state index in [2.05, 4.69) is 20.5 Å². The molecule has 0 aromatic carbocycles. The SMILES string of the molecule is O=C(NCC1CCC(c2nnc(-c3ccsc3)o2)CC1)c1cscn1. The summed E-state index contributed by atoms with van der Waals surface area (Å²) in [5.74, 6) is 2.09. The van der Waals surface area contributed by atoms with Crippen LogP contribution in [0.4, 0.5) is 0 Å². The predicted molar refractivity (Wildman–Crippen MR) is 96.8 cm³/mol. The van der Waals surface area contributed by atoms with Crippen LogP contribution in [-0.4, -0.2) is 27.6 Å². The summed E-state index contributed by atoms with van der Waals surface area (Å²) < 4.78 is 5.86. The predicted octanol–water partition coefficient (Wildman–Crippen LogP) is 3.96. The second-order valence-electron chi connectivity index (χ2n) is 6.26. The first kappa shape index (κ1) is 16.4. The molecule has 0 spiro atoms. The zero-order chi connectivity index (χ0) is 17.1. The number of carbonyl (C=O) groups is 1. The molecule has 0 radical (unpaired) electrons. The van der Waals surface area contributed by atoms with E-state index in [1.807, 2.05) is 16.8 Å². The second-order valence-corrected chi connectivity index (χ2v) is 7.76. The van der Waals surface area contributed by atoms with Gasteiger partial charge in [-0.05, 0) is 43.0 Å². The third kappa shape index (κ3) is 3.80. The van der Waals surface area contributed by atoms with Crippen molar-refractivity contribution in [2.24, 2.45) is 5.92 Å². The van der Waals surface area contributed by atoms with Gasteiger partial charge >= 0.3 is 0 Å². The van der Waals surface area contributed by atoms with E-state index >= 15 is 0 Å². The number of hydrogen-bond acceptors (Lipinski definition) is 7. The van der Waals surface area contributed by atoms with E-state index in [1.165, 1.54) is 11.3 Å². The van der Waals surface area contributed by atoms with Crippen LogP contribution >= 0.6 is 22.7 Å². The number of amides is 1. The molecular formula is C17H18N4O2S2. The zero-order valence-corrected chi connectivity index (χ0v) is 15.2. The maximum Gasteiger partial charge on any atom is 0.270 e. The van der Waals surface area contributed by atoms with Gasteiger partial charge in [-0.15, -0.1) is 21.5 Å². The standard InChI is InChI=1S/C17H18N4O2S2/c22-15(14-9-25-10-19-14)18-7-11-1-3-12(4-2-11)16-20-21-17(23-16)13-5-6-24-8-13/h5-6,8-12H,1-4,7H2,(H,18,22). The monoisotopic (exact) mass is 374 g/mol. The molecular weight excluding hydrogens is 356 g/mol. The fourth-order valence-electron chi connectivity index (χ4n) is 3.17. The topological polar surface area (TPSA) is 80.9 Å². The smallest absolute Gasteiger partial charge is 0.270 e. The van der Waals surface area contributed by atoms with Gasteiger partial charge in [-0.2, -0.15) is 11.3 Å². The van der Waals surface area contributed by atoms with Crippen molar-refractivity contribution in [3.05, 3.63) is 39.3 Å². The number of carbonyl (C=O) groups excluding carboxylic acids is 1. The second kappa shape index (κ2) is 7.45. The van der Waals surface area contributed by atoms with E-state index in [9.17, 15) is 4.79 Å². The molecule has 0 bridgehead atoms. The normalized spacial score (nSPS) is 20.5. The van der Waals surface area contributed by atoms with E-state index in [0.29, 0.717) is 30.0 Å². The highest BCUT2D eigenvalue weighted by Crippen LogP contribution is 2.36. The summed E-state index contributed by atoms with van der Waals surface area (Å²) in [6.07, 6.45) is 4.14. The number of aromatic nitrogens is 3. The Morgan fingerprint density at radius 2 is 2.08 bits per heavy atom. The maximum atomic E-state index is 12.0. The molecule has 1 aliphatic rings. The number of thiophene rings is 1. The van der Waals surface area contributed by atoms with Crippen LogP contribution in [0.15, 0.2) is 32.1 Å². The molecule has 0 aliphatic heterocycles. The summed E-state index contributed by atoms with van der Waals surface area (Å²) in [6.45, 7) is 0.701. The molecule has 1 N–H and O–H groups in total. The highest BCUT2D eigenvalue weighted by atomic mass is 32.1. The Morgan fingerprint density at radius 3 is 2.80 bits per heavy atom. The molecule has 0 saturated heterocycles. The summed E-state index contributed by atoms with van der Waals surface area (Å²) in [5.41, 5.74) is 3.17. The lowest BCUT2D eigenvalue weighted by atomic mass is 9.82. The molecule has 1 aliphatic carbocycles. The van der Waals surface area contributed by atoms with Crippen LogP contribution in [0, 0.1) is 5.92 Å². The molecule has 3 aromatic heterocycles. The quantitative estimate of drug-likeness (QED) is 0.731. The van der Waals surface area contributed by atoms with Crippen LogP contribution in [0.25, 0.3) is 11.5 Å². The zero-order valence-electron chi connectivity index (χ0n) is 13.6. The molecule has 3 aromatic rings. The van der Waals surface area contributed by atoms with Crippen LogP contribution in [0.3, 0.4) is 0 Å². The molecule has 0 unspecified atom stereocenters. The summed E-state index contributed by atoms with van der Waals surface area (Å²) in [6, 6.07) is 1.99. The molecule has 4 rings (SSSR count). The number of nitrogens with one attached hydrogen (secondary N) is 1. The Hall–Kier alpha value is -2.06. The van der Waals surface area contributed by atoms with Crippen molar-refractivity contribution in [1.29, 1.82) is 0 Å². The lowest BCUT2D eigenvalue weighted by molar-refractivity contribution is 0.0938. The summed E-state index contributed by atoms with van der Waals surface area (Å²) in [4.78, 5) is 16.0. The van der Waals surface area contributed by atoms with Crippen molar-refractivity contribution < 1.29 is 9.21 Å². The van der Waals surface area contributed by atoms with Gasteiger partial charge < -0.3 is 9.73 Å². The minimum Gasteiger partial charge on any atom is -0.420 e. The first-order chi connectivity index (χ1) is 12.3. The Morgan fingerprint density at radius 1 is 1.20 bits per heavy atom. The minimum atomic E-state index is -0.0827. The van der Waals surface area contributed by atoms with Gasteiger partial charge in [0.1, 0.15) is 5.69 Å². The Kier molecular flexibility index (Phi) is 4.89. The van der Waals surface area contributed by atoms with Crippen molar-refractivity contribution in [2.75, 3.05) is 6.54 Å². The van der Waals surface area contributed by atoms with Gasteiger partial charge in [-0.3, -0.25) is 4.79 Å². The highest BCUT2D eigenvalue weighted by Gasteiger charge is 2.27. The fourth-order valence-corrected chi connectivity index (χ4v) is 4.33. The maximum absolute atomic E-state index is 12.0. The van der Waals surface area contributed by atoms with Crippen LogP contribution < -0.4 is 5.32 Å². The van der Waals surface area contributed by atoms with Crippen molar-refractivity contribution >= 4 is 28.6 Å². The number of rotatable bonds is 5. The van der Waals surface area contributed by atoms with Gasteiger partial charge in [0.2, 0.25) is 11.8 Å². The Balaban J connectivity index is 1.28. The van der Waals surface area contributed by atoms with Crippen LogP contribution in [0.2, 0.25) is 0 Å². The average Bonchev–Trinajstić information content (AvgIpc) is 3.42. The minimum absolute atomic E-state index is 0.0827. The van der Waals surface area contributed by atoms with E-state index in [0.717, 1.165) is 37.1 Å². The first-order valence-electron chi connectivity index (χ1n) is 8.32. The molecule has 8 heteroatoms. The van der Waals surface area contributed by atoms with E-state index < -0.39 is 0 Å². The highest BCUT2D eigenvalue weighted by molar-refractivity contribution is 7.08. The van der Waals surface area contributed by atoms with Crippen LogP contribution in [-0.2, 0) is 0 Å². The first-order valence-corrected chi connectivity index (χ1v) is 10.2. The molecule has 130 valence electrons. The molecule has 1 amide bonds. The lowest BCUT2D eigenvalue weighted by Gasteiger charge is -2.26. The average molecular weight is 374 g/mol. The van der Waals surface area contributed by atoms with Crippen molar-refractivity contribution in [3.8, 4) is 11.5 Å². The summed E-state index contributed by atoms with van der Waals surface area (Å²) in [5, 5.41) is 17.2. The number of hydrogen-bond donors (Lipinski definition) is 1. The number of thiazole rings is 1. The van der Waals surface area contributed by atoms with Gasteiger partial charge in [0, 0.05) is 28.8 Å². The third-order valence-electron chi connectivity index (χ3n) is 4.62. The molecule has 0 atom stereocenters. The third-order valence-corrected chi connectivity index (χ3v) is 5.89. The molecule has 25 heavy (non-hydrogen) atoms. The molecule has 1 fully saturated rings. The lowest BCUT2D eigenvalue weighted by Crippen LogP contribution is -2.31. The van der Waals surface area contributed by atoms with Crippen LogP contribution in [0.5, 0.6) is 0 Å². The van der Waals surface area contributed by atoms with Gasteiger partial charge in [-0.25, -0.2) is 4.98 Å². The fraction of sp³-hybridized carbons (Fsp3) is 0.412. The Labute approximate surface area is 153 Å². The number of nitrogens with zero attached hydrogens (tertiary/aromatic N) is 3. The summed E-state index contributed by atoms with van der Waals surface area (Å²) >= 11 is 3.05. The van der Waals surface area contributed by atoms with Crippen LogP contribution in [0.1, 0.15) is 48.0 Å². The van der Waals surface area contributed by atoms with Gasteiger partial charge in [0.25, 0.3) is 5.91 Å². The van der Waals surface area contributed by atoms with Gasteiger partial charge in [0.15, 0.2) is 0 Å².